The third kappa shape index (κ3) is 10.0. The highest BCUT2D eigenvalue weighted by Crippen LogP contribution is 2.31. The predicted molar refractivity (Wildman–Crippen MR) is 118 cm³/mol. The van der Waals surface area contributed by atoms with E-state index in [1.807, 2.05) is 20.8 Å². The highest BCUT2D eigenvalue weighted by atomic mass is 16.6. The van der Waals surface area contributed by atoms with Crippen LogP contribution in [0.4, 0.5) is 0 Å². The molecule has 0 aromatic rings. The van der Waals surface area contributed by atoms with E-state index in [9.17, 15) is 19.2 Å². The molecule has 0 aliphatic heterocycles. The van der Waals surface area contributed by atoms with Crippen LogP contribution in [0.15, 0.2) is 0 Å². The van der Waals surface area contributed by atoms with Gasteiger partial charge in [0, 0.05) is 0 Å². The molecule has 32 heavy (non-hydrogen) atoms. The molecule has 8 heteroatoms. The van der Waals surface area contributed by atoms with Gasteiger partial charge in [0.1, 0.15) is 0 Å². The van der Waals surface area contributed by atoms with Crippen molar-refractivity contribution < 1.29 is 38.1 Å². The first-order valence-electron chi connectivity index (χ1n) is 12.1. The van der Waals surface area contributed by atoms with Crippen molar-refractivity contribution in [3.05, 3.63) is 0 Å². The zero-order valence-corrected chi connectivity index (χ0v) is 19.9. The first-order chi connectivity index (χ1) is 15.4. The molecule has 8 nitrogen and oxygen atoms in total. The van der Waals surface area contributed by atoms with Gasteiger partial charge in [0.25, 0.3) is 0 Å². The van der Waals surface area contributed by atoms with E-state index >= 15 is 0 Å². The van der Waals surface area contributed by atoms with E-state index in [2.05, 4.69) is 0 Å². The van der Waals surface area contributed by atoms with E-state index in [1.54, 1.807) is 0 Å². The van der Waals surface area contributed by atoms with Gasteiger partial charge in [-0.05, 0) is 32.1 Å². The van der Waals surface area contributed by atoms with E-state index in [0.29, 0.717) is 32.1 Å². The summed E-state index contributed by atoms with van der Waals surface area (Å²) in [6, 6.07) is 0. The highest BCUT2D eigenvalue weighted by molar-refractivity contribution is 5.92. The van der Waals surface area contributed by atoms with Crippen molar-refractivity contribution in [2.45, 2.75) is 103 Å². The fourth-order valence-electron chi connectivity index (χ4n) is 3.43. The second kappa shape index (κ2) is 15.6. The third-order valence-electron chi connectivity index (χ3n) is 5.47. The molecule has 1 rings (SSSR count). The molecule has 1 aliphatic rings. The lowest BCUT2D eigenvalue weighted by Crippen LogP contribution is -2.49. The van der Waals surface area contributed by atoms with Crippen LogP contribution in [-0.2, 0) is 38.1 Å². The van der Waals surface area contributed by atoms with E-state index in [0.717, 1.165) is 32.1 Å². The predicted octanol–water partition coefficient (Wildman–Crippen LogP) is 4.27. The van der Waals surface area contributed by atoms with Crippen LogP contribution in [0.3, 0.4) is 0 Å². The Kier molecular flexibility index (Phi) is 13.6. The minimum Gasteiger partial charge on any atom is -0.466 e. The van der Waals surface area contributed by atoms with Crippen LogP contribution in [-0.4, -0.2) is 49.3 Å². The third-order valence-corrected chi connectivity index (χ3v) is 5.47. The van der Waals surface area contributed by atoms with Crippen molar-refractivity contribution in [3.8, 4) is 0 Å². The second-order valence-corrected chi connectivity index (χ2v) is 8.39. The van der Waals surface area contributed by atoms with Crippen LogP contribution >= 0.6 is 0 Å². The van der Waals surface area contributed by atoms with Crippen molar-refractivity contribution in [1.29, 1.82) is 0 Å². The molecule has 0 atom stereocenters. The molecule has 0 saturated heterocycles. The van der Waals surface area contributed by atoms with Gasteiger partial charge in [0.2, 0.25) is 5.60 Å². The Labute approximate surface area is 191 Å². The number of hydrogen-bond donors (Lipinski definition) is 0. The molecule has 0 aromatic heterocycles. The first-order valence-corrected chi connectivity index (χ1v) is 12.1. The molecule has 184 valence electrons. The van der Waals surface area contributed by atoms with E-state index in [4.69, 9.17) is 18.9 Å². The van der Waals surface area contributed by atoms with Gasteiger partial charge in [0.15, 0.2) is 0 Å². The van der Waals surface area contributed by atoms with Crippen LogP contribution in [0.5, 0.6) is 0 Å². The molecule has 0 amide bonds. The lowest BCUT2D eigenvalue weighted by Gasteiger charge is -2.31. The monoisotopic (exact) mass is 456 g/mol. The summed E-state index contributed by atoms with van der Waals surface area (Å²) in [6.07, 6.45) is 6.34. The maximum absolute atomic E-state index is 13.1. The van der Waals surface area contributed by atoms with Crippen molar-refractivity contribution in [3.63, 3.8) is 0 Å². The molecule has 0 bridgehead atoms. The van der Waals surface area contributed by atoms with Crippen LogP contribution in [0, 0.1) is 5.92 Å². The van der Waals surface area contributed by atoms with Crippen LogP contribution < -0.4 is 0 Å². The summed E-state index contributed by atoms with van der Waals surface area (Å²) >= 11 is 0. The Morgan fingerprint density at radius 2 is 1.16 bits per heavy atom. The molecule has 0 heterocycles. The zero-order chi connectivity index (χ0) is 23.8. The van der Waals surface area contributed by atoms with Gasteiger partial charge in [-0.1, -0.05) is 52.9 Å². The quantitative estimate of drug-likeness (QED) is 0.193. The fourth-order valence-corrected chi connectivity index (χ4v) is 3.43. The lowest BCUT2D eigenvalue weighted by atomic mass is 9.94. The number of unbranched alkanes of at least 4 members (excludes halogenated alkanes) is 3. The molecule has 1 fully saturated rings. The van der Waals surface area contributed by atoms with Gasteiger partial charge in [-0.3, -0.25) is 14.4 Å². The second-order valence-electron chi connectivity index (χ2n) is 8.39. The van der Waals surface area contributed by atoms with Gasteiger partial charge in [-0.15, -0.1) is 0 Å². The average molecular weight is 457 g/mol. The Morgan fingerprint density at radius 1 is 0.719 bits per heavy atom. The molecule has 0 unspecified atom stereocenters. The first kappa shape index (κ1) is 27.9. The number of carbonyl (C=O) groups excluding carboxylic acids is 4. The minimum atomic E-state index is -2.08. The number of esters is 4. The van der Waals surface area contributed by atoms with E-state index < -0.39 is 42.3 Å². The molecule has 0 radical (unpaired) electrons. The zero-order valence-electron chi connectivity index (χ0n) is 19.9. The van der Waals surface area contributed by atoms with Crippen molar-refractivity contribution >= 4 is 23.9 Å². The molecular formula is C24H40O8. The Morgan fingerprint density at radius 3 is 1.59 bits per heavy atom. The molecular weight excluding hydrogens is 416 g/mol. The number of carbonyl (C=O) groups is 4. The summed E-state index contributed by atoms with van der Waals surface area (Å²) < 4.78 is 21.4. The maximum Gasteiger partial charge on any atom is 0.351 e. The fraction of sp³-hybridized carbons (Fsp3) is 0.833. The SMILES string of the molecule is CCCCOC(=O)CC(CC(=O)OCCCC)(OC(=O)C1CCCC1)C(=O)OCCCC. The normalized spacial score (nSPS) is 14.1. The smallest absolute Gasteiger partial charge is 0.351 e. The van der Waals surface area contributed by atoms with Crippen molar-refractivity contribution in [2.75, 3.05) is 19.8 Å². The maximum atomic E-state index is 13.1. The minimum absolute atomic E-state index is 0.105. The molecule has 1 aliphatic carbocycles. The topological polar surface area (TPSA) is 105 Å². The largest absolute Gasteiger partial charge is 0.466 e. The number of rotatable bonds is 16. The van der Waals surface area contributed by atoms with Gasteiger partial charge < -0.3 is 18.9 Å². The van der Waals surface area contributed by atoms with E-state index in [-0.39, 0.29) is 25.7 Å². The molecule has 1 saturated carbocycles. The van der Waals surface area contributed by atoms with Gasteiger partial charge in [-0.25, -0.2) is 4.79 Å². The van der Waals surface area contributed by atoms with Crippen molar-refractivity contribution in [2.24, 2.45) is 5.92 Å². The summed E-state index contributed by atoms with van der Waals surface area (Å²) in [5.74, 6) is -3.28. The molecule has 0 spiro atoms. The summed E-state index contributed by atoms with van der Waals surface area (Å²) in [6.45, 7) is 6.34. The van der Waals surface area contributed by atoms with Gasteiger partial charge in [0.05, 0.1) is 38.6 Å². The van der Waals surface area contributed by atoms with E-state index in [1.165, 1.54) is 0 Å². The Balaban J connectivity index is 3.09. The Hall–Kier alpha value is -2.12. The highest BCUT2D eigenvalue weighted by Gasteiger charge is 2.50. The summed E-state index contributed by atoms with van der Waals surface area (Å²) in [7, 11) is 0. The van der Waals surface area contributed by atoms with Crippen molar-refractivity contribution in [1.82, 2.24) is 0 Å². The summed E-state index contributed by atoms with van der Waals surface area (Å²) in [5, 5.41) is 0. The Bertz CT molecular complexity index is 571. The van der Waals surface area contributed by atoms with Crippen LogP contribution in [0.1, 0.15) is 97.8 Å². The van der Waals surface area contributed by atoms with Crippen LogP contribution in [0.25, 0.3) is 0 Å². The summed E-state index contributed by atoms with van der Waals surface area (Å²) in [4.78, 5) is 51.0. The van der Waals surface area contributed by atoms with Crippen LogP contribution in [0.2, 0.25) is 0 Å². The standard InChI is InChI=1S/C24H40O8/c1-4-7-14-29-20(25)17-24(23(28)31-16-9-6-3,18-21(26)30-15-8-5-2)32-22(27)19-12-10-11-13-19/h19H,4-18H2,1-3H3. The molecule has 0 aromatic carbocycles. The number of hydrogen-bond acceptors (Lipinski definition) is 8. The molecule has 0 N–H and O–H groups in total. The average Bonchev–Trinajstić information content (AvgIpc) is 3.29. The van der Waals surface area contributed by atoms with Gasteiger partial charge >= 0.3 is 23.9 Å². The lowest BCUT2D eigenvalue weighted by molar-refractivity contribution is -0.193. The van der Waals surface area contributed by atoms with Gasteiger partial charge in [-0.2, -0.15) is 0 Å². The summed E-state index contributed by atoms with van der Waals surface area (Å²) in [5.41, 5.74) is -2.08. The number of ether oxygens (including phenoxy) is 4.